The second-order valence-corrected chi connectivity index (χ2v) is 4.29. The third-order valence-corrected chi connectivity index (χ3v) is 2.57. The van der Waals surface area contributed by atoms with E-state index >= 15 is 0 Å². The average molecular weight is 274 g/mol. The van der Waals surface area contributed by atoms with Gasteiger partial charge in [-0.15, -0.1) is 0 Å². The molecule has 0 rings (SSSR count). The maximum Gasteiger partial charge on any atom is 0.330 e. The zero-order chi connectivity index (χ0) is 14.0. The Morgan fingerprint density at radius 2 is 1.89 bits per heavy atom. The van der Waals surface area contributed by atoms with Crippen LogP contribution in [0.4, 0.5) is 17.6 Å². The lowest BCUT2D eigenvalue weighted by atomic mass is 10.1. The van der Waals surface area contributed by atoms with Crippen molar-refractivity contribution in [3.63, 3.8) is 0 Å². The van der Waals surface area contributed by atoms with Gasteiger partial charge in [0.2, 0.25) is 0 Å². The molecule has 0 aromatic carbocycles. The number of hydrazine groups is 1. The van der Waals surface area contributed by atoms with Crippen LogP contribution in [-0.2, 0) is 4.74 Å². The Hall–Kier alpha value is -0.400. The van der Waals surface area contributed by atoms with Gasteiger partial charge >= 0.3 is 12.3 Å². The average Bonchev–Trinajstić information content (AvgIpc) is 2.32. The van der Waals surface area contributed by atoms with E-state index in [1.165, 1.54) is 0 Å². The standard InChI is InChI=1S/C11H22F4N2O/c1-2-3-4-5-6-9(17-16)7-18-8-11(14,15)10(12)13/h9-10,17H,2-8,16H2,1H3. The molecule has 1 atom stereocenters. The van der Waals surface area contributed by atoms with Gasteiger partial charge in [-0.3, -0.25) is 11.3 Å². The van der Waals surface area contributed by atoms with Crippen molar-refractivity contribution in [3.05, 3.63) is 0 Å². The first kappa shape index (κ1) is 17.6. The van der Waals surface area contributed by atoms with Crippen LogP contribution >= 0.6 is 0 Å². The maximum atomic E-state index is 12.5. The number of hydrogen-bond donors (Lipinski definition) is 2. The minimum absolute atomic E-state index is 0.0923. The van der Waals surface area contributed by atoms with E-state index in [4.69, 9.17) is 5.84 Å². The molecule has 7 heteroatoms. The molecule has 0 aromatic rings. The summed E-state index contributed by atoms with van der Waals surface area (Å²) in [7, 11) is 0. The lowest BCUT2D eigenvalue weighted by Crippen LogP contribution is -2.40. The largest absolute Gasteiger partial charge is 0.373 e. The molecule has 0 saturated heterocycles. The number of ether oxygens (including phenoxy) is 1. The number of nitrogens with one attached hydrogen (secondary N) is 1. The summed E-state index contributed by atoms with van der Waals surface area (Å²) in [6, 6.07) is -0.282. The molecular formula is C11H22F4N2O. The van der Waals surface area contributed by atoms with Gasteiger partial charge in [0.05, 0.1) is 6.61 Å². The van der Waals surface area contributed by atoms with Crippen LogP contribution in [0.3, 0.4) is 0 Å². The van der Waals surface area contributed by atoms with Gasteiger partial charge in [-0.1, -0.05) is 32.6 Å². The normalized spacial score (nSPS) is 14.2. The monoisotopic (exact) mass is 274 g/mol. The van der Waals surface area contributed by atoms with Crippen molar-refractivity contribution >= 4 is 0 Å². The minimum Gasteiger partial charge on any atom is -0.373 e. The third-order valence-electron chi connectivity index (χ3n) is 2.57. The minimum atomic E-state index is -4.10. The van der Waals surface area contributed by atoms with E-state index in [0.717, 1.165) is 25.7 Å². The fourth-order valence-electron chi connectivity index (χ4n) is 1.43. The molecule has 0 aliphatic heterocycles. The highest BCUT2D eigenvalue weighted by molar-refractivity contribution is 4.69. The zero-order valence-electron chi connectivity index (χ0n) is 10.6. The molecule has 3 nitrogen and oxygen atoms in total. The second-order valence-electron chi connectivity index (χ2n) is 4.29. The van der Waals surface area contributed by atoms with Crippen molar-refractivity contribution in [1.29, 1.82) is 0 Å². The van der Waals surface area contributed by atoms with Crippen LogP contribution in [0.25, 0.3) is 0 Å². The van der Waals surface area contributed by atoms with E-state index in [0.29, 0.717) is 6.42 Å². The van der Waals surface area contributed by atoms with Crippen molar-refractivity contribution in [2.24, 2.45) is 5.84 Å². The van der Waals surface area contributed by atoms with Crippen LogP contribution in [-0.4, -0.2) is 31.6 Å². The van der Waals surface area contributed by atoms with E-state index in [1.54, 1.807) is 0 Å². The van der Waals surface area contributed by atoms with Crippen LogP contribution in [0, 0.1) is 0 Å². The molecule has 0 amide bonds. The Bertz CT molecular complexity index is 205. The quantitative estimate of drug-likeness (QED) is 0.263. The van der Waals surface area contributed by atoms with E-state index in [9.17, 15) is 17.6 Å². The predicted octanol–water partition coefficient (Wildman–Crippen LogP) is 2.71. The van der Waals surface area contributed by atoms with Crippen molar-refractivity contribution in [3.8, 4) is 0 Å². The Morgan fingerprint density at radius 3 is 2.39 bits per heavy atom. The van der Waals surface area contributed by atoms with Crippen molar-refractivity contribution in [1.82, 2.24) is 5.43 Å². The van der Waals surface area contributed by atoms with Gasteiger partial charge in [0.25, 0.3) is 0 Å². The highest BCUT2D eigenvalue weighted by atomic mass is 19.3. The van der Waals surface area contributed by atoms with Crippen molar-refractivity contribution in [2.45, 2.75) is 57.4 Å². The van der Waals surface area contributed by atoms with Gasteiger partial charge in [-0.05, 0) is 6.42 Å². The molecule has 0 aromatic heterocycles. The molecule has 0 aliphatic carbocycles. The highest BCUT2D eigenvalue weighted by Crippen LogP contribution is 2.22. The molecule has 0 aliphatic rings. The third kappa shape index (κ3) is 7.84. The van der Waals surface area contributed by atoms with E-state index in [2.05, 4.69) is 17.1 Å². The van der Waals surface area contributed by atoms with Crippen LogP contribution in [0.5, 0.6) is 0 Å². The molecule has 0 radical (unpaired) electrons. The Balaban J connectivity index is 3.73. The van der Waals surface area contributed by atoms with E-state index in [1.807, 2.05) is 0 Å². The van der Waals surface area contributed by atoms with Crippen molar-refractivity contribution in [2.75, 3.05) is 13.2 Å². The van der Waals surface area contributed by atoms with Crippen molar-refractivity contribution < 1.29 is 22.3 Å². The Kier molecular flexibility index (Phi) is 9.31. The SMILES string of the molecule is CCCCCCC(COCC(F)(F)C(F)F)NN. The topological polar surface area (TPSA) is 47.3 Å². The summed E-state index contributed by atoms with van der Waals surface area (Å²) in [5, 5.41) is 0. The van der Waals surface area contributed by atoms with Gasteiger partial charge in [-0.2, -0.15) is 8.78 Å². The van der Waals surface area contributed by atoms with Crippen LogP contribution in [0.15, 0.2) is 0 Å². The first-order valence-electron chi connectivity index (χ1n) is 6.13. The number of halogens is 4. The lowest BCUT2D eigenvalue weighted by Gasteiger charge is -2.19. The summed E-state index contributed by atoms with van der Waals surface area (Å²) in [6.07, 6.45) is 1.10. The molecule has 0 saturated carbocycles. The van der Waals surface area contributed by atoms with Gasteiger partial charge < -0.3 is 4.74 Å². The first-order chi connectivity index (χ1) is 8.44. The summed E-state index contributed by atoms with van der Waals surface area (Å²) < 4.78 is 53.3. The molecule has 0 bridgehead atoms. The van der Waals surface area contributed by atoms with Crippen LogP contribution in [0.1, 0.15) is 39.0 Å². The zero-order valence-corrected chi connectivity index (χ0v) is 10.6. The van der Waals surface area contributed by atoms with Crippen LogP contribution < -0.4 is 11.3 Å². The molecule has 110 valence electrons. The molecule has 0 heterocycles. The summed E-state index contributed by atoms with van der Waals surface area (Å²) in [5.41, 5.74) is 2.44. The Labute approximate surface area is 105 Å². The number of alkyl halides is 4. The summed E-state index contributed by atoms with van der Waals surface area (Å²) >= 11 is 0. The number of nitrogens with two attached hydrogens (primary N) is 1. The highest BCUT2D eigenvalue weighted by Gasteiger charge is 2.41. The van der Waals surface area contributed by atoms with E-state index < -0.39 is 19.0 Å². The maximum absolute atomic E-state index is 12.5. The van der Waals surface area contributed by atoms with E-state index in [-0.39, 0.29) is 12.6 Å². The van der Waals surface area contributed by atoms with Gasteiger partial charge in [0.1, 0.15) is 6.61 Å². The number of rotatable bonds is 11. The second kappa shape index (κ2) is 9.52. The van der Waals surface area contributed by atoms with Crippen LogP contribution in [0.2, 0.25) is 0 Å². The predicted molar refractivity (Wildman–Crippen MR) is 61.6 cm³/mol. The smallest absolute Gasteiger partial charge is 0.330 e. The molecule has 0 spiro atoms. The molecule has 3 N–H and O–H groups in total. The fourth-order valence-corrected chi connectivity index (χ4v) is 1.43. The molecule has 1 unspecified atom stereocenters. The summed E-state index contributed by atoms with van der Waals surface area (Å²) in [6.45, 7) is 0.705. The summed E-state index contributed by atoms with van der Waals surface area (Å²) in [4.78, 5) is 0. The Morgan fingerprint density at radius 1 is 1.22 bits per heavy atom. The molecular weight excluding hydrogens is 252 g/mol. The molecule has 0 fully saturated rings. The van der Waals surface area contributed by atoms with Gasteiger partial charge in [0.15, 0.2) is 0 Å². The lowest BCUT2D eigenvalue weighted by molar-refractivity contribution is -0.167. The fraction of sp³-hybridized carbons (Fsp3) is 1.00. The molecule has 18 heavy (non-hydrogen) atoms. The van der Waals surface area contributed by atoms with Gasteiger partial charge in [0, 0.05) is 6.04 Å². The van der Waals surface area contributed by atoms with Gasteiger partial charge in [-0.25, -0.2) is 8.78 Å². The number of hydrogen-bond acceptors (Lipinski definition) is 3. The number of unbranched alkanes of at least 4 members (excludes halogenated alkanes) is 3. The first-order valence-corrected chi connectivity index (χ1v) is 6.13. The summed E-state index contributed by atoms with van der Waals surface area (Å²) in [5.74, 6) is 1.14.